The molecule has 2 aromatic rings. The number of rotatable bonds is 7. The fraction of sp³-hybridized carbons (Fsp3) is 0.688. The lowest BCUT2D eigenvalue weighted by molar-refractivity contribution is -0.0659. The second-order valence-electron chi connectivity index (χ2n) is 7.23. The quantitative estimate of drug-likeness (QED) is 0.269. The molecule has 0 radical (unpaired) electrons. The number of imidazole rings is 1. The number of phosphoric ester groups is 1. The Bertz CT molecular complexity index is 975. The van der Waals surface area contributed by atoms with E-state index < -0.39 is 32.4 Å². The molecule has 12 nitrogen and oxygen atoms in total. The topological polar surface area (TPSA) is 167 Å². The minimum Gasteiger partial charge on any atom is -0.386 e. The average molecular weight is 463 g/mol. The number of anilines is 2. The Balaban J connectivity index is 1.68. The van der Waals surface area contributed by atoms with Crippen LogP contribution in [0.25, 0.3) is 11.2 Å². The van der Waals surface area contributed by atoms with Crippen LogP contribution in [0.4, 0.5) is 11.8 Å². The molecule has 0 aliphatic carbocycles. The van der Waals surface area contributed by atoms with Gasteiger partial charge in [0.1, 0.15) is 18.3 Å². The summed E-state index contributed by atoms with van der Waals surface area (Å²) in [5, 5.41) is 14.0. The van der Waals surface area contributed by atoms with E-state index in [1.807, 2.05) is 0 Å². The summed E-state index contributed by atoms with van der Waals surface area (Å²) in [6.45, 7) is 2.56. The van der Waals surface area contributed by atoms with Gasteiger partial charge in [0.25, 0.3) is 0 Å². The van der Waals surface area contributed by atoms with Crippen LogP contribution in [-0.2, 0) is 18.3 Å². The van der Waals surface area contributed by atoms with Gasteiger partial charge in [0.05, 0.1) is 6.61 Å². The van der Waals surface area contributed by atoms with Crippen LogP contribution < -0.4 is 11.1 Å². The molecule has 0 aromatic carbocycles. The minimum absolute atomic E-state index is 0.0833. The molecule has 2 fully saturated rings. The van der Waals surface area contributed by atoms with Crippen LogP contribution >= 0.6 is 19.4 Å². The summed E-state index contributed by atoms with van der Waals surface area (Å²) in [6.07, 6.45) is 0.114. The number of nitrogens with two attached hydrogens (primary N) is 1. The van der Waals surface area contributed by atoms with Crippen molar-refractivity contribution in [3.63, 3.8) is 0 Å². The SMILES string of the molecule is CCCCCCNc1nc2c(N)nc(Cl)nc2n1[C@@H]1O[C@@H]2COP(=O)(O)O[C@H]2[C@H]1O. The van der Waals surface area contributed by atoms with Crippen LogP contribution in [0.2, 0.25) is 5.28 Å². The van der Waals surface area contributed by atoms with Gasteiger partial charge in [0, 0.05) is 6.54 Å². The van der Waals surface area contributed by atoms with E-state index in [4.69, 9.17) is 31.1 Å². The Kier molecular flexibility index (Phi) is 6.18. The molecule has 0 bridgehead atoms. The predicted octanol–water partition coefficient (Wildman–Crippen LogP) is 1.83. The van der Waals surface area contributed by atoms with Crippen molar-refractivity contribution in [2.45, 2.75) is 57.1 Å². The maximum absolute atomic E-state index is 11.8. The van der Waals surface area contributed by atoms with Crippen molar-refractivity contribution < 1.29 is 28.3 Å². The fourth-order valence-corrected chi connectivity index (χ4v) is 4.77. The van der Waals surface area contributed by atoms with Crippen molar-refractivity contribution in [2.24, 2.45) is 0 Å². The van der Waals surface area contributed by atoms with Crippen LogP contribution in [0.1, 0.15) is 38.8 Å². The Labute approximate surface area is 177 Å². The van der Waals surface area contributed by atoms with Gasteiger partial charge in [-0.2, -0.15) is 9.97 Å². The number of halogens is 1. The molecule has 2 saturated heterocycles. The first-order valence-corrected chi connectivity index (χ1v) is 11.6. The number of fused-ring (bicyclic) bond motifs is 2. The maximum atomic E-state index is 11.8. The van der Waals surface area contributed by atoms with Crippen LogP contribution in [0.5, 0.6) is 0 Å². The van der Waals surface area contributed by atoms with E-state index in [2.05, 4.69) is 27.2 Å². The molecule has 166 valence electrons. The Morgan fingerprint density at radius 3 is 2.90 bits per heavy atom. The monoisotopic (exact) mass is 462 g/mol. The molecule has 14 heteroatoms. The molecule has 5 N–H and O–H groups in total. The third-order valence-corrected chi connectivity index (χ3v) is 6.23. The van der Waals surface area contributed by atoms with Crippen molar-refractivity contribution in [3.05, 3.63) is 5.28 Å². The summed E-state index contributed by atoms with van der Waals surface area (Å²) >= 11 is 5.99. The van der Waals surface area contributed by atoms with Gasteiger partial charge in [-0.05, 0) is 18.0 Å². The average Bonchev–Trinajstić information content (AvgIpc) is 3.19. The van der Waals surface area contributed by atoms with E-state index in [0.717, 1.165) is 25.7 Å². The highest BCUT2D eigenvalue weighted by Crippen LogP contribution is 2.53. The van der Waals surface area contributed by atoms with E-state index in [0.29, 0.717) is 18.0 Å². The molecule has 5 atom stereocenters. The van der Waals surface area contributed by atoms with Crippen molar-refractivity contribution in [1.82, 2.24) is 19.5 Å². The first-order chi connectivity index (χ1) is 14.3. The standard InChI is InChI=1S/C16H24ClN6O6P/c1-2-3-4-5-6-19-16-20-9-12(18)21-15(17)22-13(9)23(16)14-10(24)11-8(28-14)7-27-30(25,26)29-11/h8,10-11,14,24H,2-7H2,1H3,(H,19,20)(H,25,26)(H2,18,21,22)/t8-,10-,11-,14-/m1/s1. The van der Waals surface area contributed by atoms with Crippen LogP contribution in [0, 0.1) is 0 Å². The highest BCUT2D eigenvalue weighted by molar-refractivity contribution is 7.47. The molecule has 0 saturated carbocycles. The number of unbranched alkanes of at least 4 members (excludes halogenated alkanes) is 3. The van der Waals surface area contributed by atoms with Gasteiger partial charge in [-0.3, -0.25) is 13.6 Å². The lowest BCUT2D eigenvalue weighted by atomic mass is 10.1. The van der Waals surface area contributed by atoms with Gasteiger partial charge in [0.15, 0.2) is 23.2 Å². The van der Waals surface area contributed by atoms with E-state index in [1.54, 1.807) is 0 Å². The molecule has 0 spiro atoms. The number of hydrogen-bond donors (Lipinski definition) is 4. The number of aromatic nitrogens is 4. The summed E-state index contributed by atoms with van der Waals surface area (Å²) in [5.41, 5.74) is 6.52. The molecule has 2 aliphatic heterocycles. The number of hydrogen-bond acceptors (Lipinski definition) is 10. The fourth-order valence-electron chi connectivity index (χ4n) is 3.63. The minimum atomic E-state index is -4.25. The molecule has 2 aromatic heterocycles. The third kappa shape index (κ3) is 4.13. The number of phosphoric acid groups is 1. The lowest BCUT2D eigenvalue weighted by Crippen LogP contribution is -2.39. The van der Waals surface area contributed by atoms with E-state index in [-0.39, 0.29) is 23.4 Å². The molecular formula is C16H24ClN6O6P. The summed E-state index contributed by atoms with van der Waals surface area (Å²) in [5.74, 6) is 0.447. The van der Waals surface area contributed by atoms with Crippen molar-refractivity contribution >= 4 is 42.4 Å². The number of nitrogens with one attached hydrogen (secondary N) is 1. The van der Waals surface area contributed by atoms with E-state index in [9.17, 15) is 14.6 Å². The normalized spacial score (nSPS) is 31.2. The van der Waals surface area contributed by atoms with E-state index in [1.165, 1.54) is 4.57 Å². The van der Waals surface area contributed by atoms with Gasteiger partial charge in [0.2, 0.25) is 11.2 Å². The Morgan fingerprint density at radius 1 is 1.33 bits per heavy atom. The molecule has 0 amide bonds. The molecule has 30 heavy (non-hydrogen) atoms. The summed E-state index contributed by atoms with van der Waals surface area (Å²) in [6, 6.07) is 0. The molecule has 4 rings (SSSR count). The van der Waals surface area contributed by atoms with E-state index >= 15 is 0 Å². The number of aliphatic hydroxyl groups excluding tert-OH is 1. The molecular weight excluding hydrogens is 439 g/mol. The highest BCUT2D eigenvalue weighted by Gasteiger charge is 2.53. The maximum Gasteiger partial charge on any atom is 0.472 e. The summed E-state index contributed by atoms with van der Waals surface area (Å²) in [4.78, 5) is 22.2. The van der Waals surface area contributed by atoms with Gasteiger partial charge in [-0.1, -0.05) is 26.2 Å². The Hall–Kier alpha value is -1.53. The Morgan fingerprint density at radius 2 is 2.13 bits per heavy atom. The van der Waals surface area contributed by atoms with Gasteiger partial charge >= 0.3 is 7.82 Å². The van der Waals surface area contributed by atoms with Crippen LogP contribution in [0.3, 0.4) is 0 Å². The summed E-state index contributed by atoms with van der Waals surface area (Å²) in [7, 11) is -4.25. The van der Waals surface area contributed by atoms with Crippen molar-refractivity contribution in [1.29, 1.82) is 0 Å². The third-order valence-electron chi connectivity index (χ3n) is 5.07. The van der Waals surface area contributed by atoms with Crippen LogP contribution in [0.15, 0.2) is 0 Å². The number of nitrogens with zero attached hydrogens (tertiary/aromatic N) is 4. The summed E-state index contributed by atoms with van der Waals surface area (Å²) < 4.78 is 29.0. The largest absolute Gasteiger partial charge is 0.472 e. The lowest BCUT2D eigenvalue weighted by Gasteiger charge is -2.27. The van der Waals surface area contributed by atoms with Crippen LogP contribution in [-0.4, -0.2) is 61.0 Å². The predicted molar refractivity (Wildman–Crippen MR) is 108 cm³/mol. The molecule has 2 aliphatic rings. The zero-order chi connectivity index (χ0) is 21.5. The van der Waals surface area contributed by atoms with Gasteiger partial charge < -0.3 is 25.8 Å². The zero-order valence-electron chi connectivity index (χ0n) is 16.3. The van der Waals surface area contributed by atoms with Crippen molar-refractivity contribution in [2.75, 3.05) is 24.2 Å². The molecule has 1 unspecified atom stereocenters. The zero-order valence-corrected chi connectivity index (χ0v) is 17.9. The highest BCUT2D eigenvalue weighted by atomic mass is 35.5. The second kappa shape index (κ2) is 8.54. The van der Waals surface area contributed by atoms with Crippen molar-refractivity contribution in [3.8, 4) is 0 Å². The first kappa shape index (κ1) is 21.7. The number of ether oxygens (including phenoxy) is 1. The smallest absolute Gasteiger partial charge is 0.386 e. The first-order valence-electron chi connectivity index (χ1n) is 9.75. The van der Waals surface area contributed by atoms with Gasteiger partial charge in [-0.25, -0.2) is 9.55 Å². The number of nitrogen functional groups attached to an aromatic ring is 1. The van der Waals surface area contributed by atoms with Gasteiger partial charge in [-0.15, -0.1) is 0 Å². The molecule has 4 heterocycles. The second-order valence-corrected chi connectivity index (χ2v) is 8.98. The number of aliphatic hydroxyl groups is 1.